The number of thiocarbonyl (C=S) groups is 1. The van der Waals surface area contributed by atoms with Gasteiger partial charge in [-0.25, -0.2) is 0 Å². The predicted octanol–water partition coefficient (Wildman–Crippen LogP) is 1.67. The molecule has 6 heteroatoms. The Morgan fingerprint density at radius 1 is 1.35 bits per heavy atom. The number of hydrogen-bond donors (Lipinski definition) is 1. The lowest BCUT2D eigenvalue weighted by atomic mass is 10.2. The molecule has 1 amide bonds. The molecular weight excluding hydrogens is 292 g/mol. The molecule has 0 aromatic heterocycles. The zero-order chi connectivity index (χ0) is 14.4. The Morgan fingerprint density at radius 3 is 2.95 bits per heavy atom. The molecule has 0 bridgehead atoms. The topological polar surface area (TPSA) is 55.6 Å². The molecule has 4 nitrogen and oxygen atoms in total. The summed E-state index contributed by atoms with van der Waals surface area (Å²) in [5.41, 5.74) is 6.31. The highest BCUT2D eigenvalue weighted by Gasteiger charge is 2.16. The van der Waals surface area contributed by atoms with E-state index in [1.165, 1.54) is 0 Å². The van der Waals surface area contributed by atoms with Crippen LogP contribution >= 0.6 is 24.0 Å². The molecule has 1 heterocycles. The van der Waals surface area contributed by atoms with Crippen molar-refractivity contribution in [1.82, 2.24) is 4.90 Å². The van der Waals surface area contributed by atoms with Crippen molar-refractivity contribution in [2.45, 2.75) is 6.42 Å². The molecule has 0 unspecified atom stereocenters. The number of amides is 1. The molecule has 0 atom stereocenters. The Bertz CT molecular complexity index is 486. The number of thioether (sulfide) groups is 1. The molecule has 20 heavy (non-hydrogen) atoms. The number of carbonyl (C=O) groups excluding carboxylic acids is 1. The van der Waals surface area contributed by atoms with E-state index in [2.05, 4.69) is 0 Å². The minimum atomic E-state index is 0.0187. The fourth-order valence-electron chi connectivity index (χ4n) is 2.02. The zero-order valence-corrected chi connectivity index (χ0v) is 12.8. The fraction of sp³-hybridized carbons (Fsp3) is 0.429. The number of carbonyl (C=O) groups is 1. The van der Waals surface area contributed by atoms with E-state index in [9.17, 15) is 4.79 Å². The van der Waals surface area contributed by atoms with E-state index in [0.717, 1.165) is 31.0 Å². The maximum Gasteiger partial charge on any atom is 0.260 e. The third kappa shape index (κ3) is 4.11. The van der Waals surface area contributed by atoms with Gasteiger partial charge >= 0.3 is 0 Å². The number of para-hydroxylation sites is 1. The van der Waals surface area contributed by atoms with Crippen LogP contribution in [0.1, 0.15) is 12.0 Å². The quantitative estimate of drug-likeness (QED) is 0.857. The Kier molecular flexibility index (Phi) is 5.67. The summed E-state index contributed by atoms with van der Waals surface area (Å²) in [7, 11) is 0. The van der Waals surface area contributed by atoms with Gasteiger partial charge in [0.05, 0.1) is 5.56 Å². The van der Waals surface area contributed by atoms with Crippen LogP contribution in [-0.4, -0.2) is 47.0 Å². The minimum Gasteiger partial charge on any atom is -0.483 e. The molecule has 0 saturated carbocycles. The van der Waals surface area contributed by atoms with Gasteiger partial charge < -0.3 is 15.4 Å². The van der Waals surface area contributed by atoms with Gasteiger partial charge in [0.1, 0.15) is 10.7 Å². The third-order valence-corrected chi connectivity index (χ3v) is 4.35. The molecule has 1 aliphatic heterocycles. The molecule has 1 aromatic rings. The number of hydrogen-bond acceptors (Lipinski definition) is 4. The fourth-order valence-corrected chi connectivity index (χ4v) is 3.08. The van der Waals surface area contributed by atoms with Gasteiger partial charge in [0.25, 0.3) is 5.91 Å². The Balaban J connectivity index is 1.94. The van der Waals surface area contributed by atoms with Crippen molar-refractivity contribution in [3.05, 3.63) is 29.8 Å². The molecule has 1 aliphatic rings. The van der Waals surface area contributed by atoms with Crippen molar-refractivity contribution in [1.29, 1.82) is 0 Å². The van der Waals surface area contributed by atoms with Crippen LogP contribution in [0.5, 0.6) is 5.75 Å². The number of ether oxygens (including phenoxy) is 1. The Morgan fingerprint density at radius 2 is 2.15 bits per heavy atom. The number of benzene rings is 1. The van der Waals surface area contributed by atoms with Crippen LogP contribution in [0.2, 0.25) is 0 Å². The van der Waals surface area contributed by atoms with E-state index in [4.69, 9.17) is 22.7 Å². The highest BCUT2D eigenvalue weighted by atomic mass is 32.2. The average molecular weight is 310 g/mol. The minimum absolute atomic E-state index is 0.0187. The van der Waals surface area contributed by atoms with E-state index in [0.29, 0.717) is 11.3 Å². The monoisotopic (exact) mass is 310 g/mol. The average Bonchev–Trinajstić information content (AvgIpc) is 2.74. The first-order valence-electron chi connectivity index (χ1n) is 6.55. The summed E-state index contributed by atoms with van der Waals surface area (Å²) in [6.45, 7) is 1.64. The summed E-state index contributed by atoms with van der Waals surface area (Å²) >= 11 is 6.86. The second kappa shape index (κ2) is 7.50. The largest absolute Gasteiger partial charge is 0.483 e. The maximum absolute atomic E-state index is 12.1. The van der Waals surface area contributed by atoms with Crippen LogP contribution in [0.25, 0.3) is 0 Å². The van der Waals surface area contributed by atoms with Crippen LogP contribution < -0.4 is 10.5 Å². The first-order valence-corrected chi connectivity index (χ1v) is 8.12. The van der Waals surface area contributed by atoms with Crippen LogP contribution in [0, 0.1) is 0 Å². The van der Waals surface area contributed by atoms with Gasteiger partial charge in [-0.15, -0.1) is 0 Å². The summed E-state index contributed by atoms with van der Waals surface area (Å²) in [4.78, 5) is 14.3. The summed E-state index contributed by atoms with van der Waals surface area (Å²) in [5.74, 6) is 2.70. The van der Waals surface area contributed by atoms with Crippen molar-refractivity contribution in [3.63, 3.8) is 0 Å². The van der Waals surface area contributed by atoms with Crippen molar-refractivity contribution >= 4 is 34.9 Å². The summed E-state index contributed by atoms with van der Waals surface area (Å²) in [6.07, 6.45) is 1.04. The van der Waals surface area contributed by atoms with E-state index in [1.807, 2.05) is 28.8 Å². The van der Waals surface area contributed by atoms with E-state index >= 15 is 0 Å². The van der Waals surface area contributed by atoms with Gasteiger partial charge in [0.15, 0.2) is 6.61 Å². The molecule has 0 aliphatic carbocycles. The zero-order valence-electron chi connectivity index (χ0n) is 11.2. The smallest absolute Gasteiger partial charge is 0.260 e. The Hall–Kier alpha value is -1.27. The van der Waals surface area contributed by atoms with Crippen molar-refractivity contribution < 1.29 is 9.53 Å². The van der Waals surface area contributed by atoms with Crippen molar-refractivity contribution in [3.8, 4) is 5.75 Å². The summed E-state index contributed by atoms with van der Waals surface area (Å²) in [6, 6.07) is 7.25. The SMILES string of the molecule is NC(=S)c1ccccc1OCC(=O)N1CCCSCC1. The summed E-state index contributed by atoms with van der Waals surface area (Å²) < 4.78 is 5.59. The van der Waals surface area contributed by atoms with Crippen LogP contribution in [0.3, 0.4) is 0 Å². The second-order valence-electron chi connectivity index (χ2n) is 4.50. The third-order valence-electron chi connectivity index (χ3n) is 3.08. The maximum atomic E-state index is 12.1. The normalized spacial score (nSPS) is 15.5. The predicted molar refractivity (Wildman–Crippen MR) is 86.3 cm³/mol. The van der Waals surface area contributed by atoms with Gasteiger partial charge in [0, 0.05) is 18.8 Å². The van der Waals surface area contributed by atoms with Crippen molar-refractivity contribution in [2.75, 3.05) is 31.2 Å². The lowest BCUT2D eigenvalue weighted by Crippen LogP contribution is -2.36. The van der Waals surface area contributed by atoms with Crippen molar-refractivity contribution in [2.24, 2.45) is 5.73 Å². The van der Waals surface area contributed by atoms with Crippen LogP contribution in [0.4, 0.5) is 0 Å². The lowest BCUT2D eigenvalue weighted by Gasteiger charge is -2.20. The van der Waals surface area contributed by atoms with Gasteiger partial charge in [0.2, 0.25) is 0 Å². The molecule has 1 fully saturated rings. The second-order valence-corrected chi connectivity index (χ2v) is 6.16. The Labute approximate surface area is 128 Å². The molecule has 1 saturated heterocycles. The van der Waals surface area contributed by atoms with Gasteiger partial charge in [-0.05, 0) is 24.3 Å². The first-order chi connectivity index (χ1) is 9.68. The summed E-state index contributed by atoms with van der Waals surface area (Å²) in [5, 5.41) is 0. The van der Waals surface area contributed by atoms with E-state index in [-0.39, 0.29) is 17.5 Å². The molecule has 0 spiro atoms. The molecular formula is C14H18N2O2S2. The highest BCUT2D eigenvalue weighted by molar-refractivity contribution is 7.99. The lowest BCUT2D eigenvalue weighted by molar-refractivity contribution is -0.133. The first kappa shape index (κ1) is 15.1. The van der Waals surface area contributed by atoms with E-state index < -0.39 is 0 Å². The van der Waals surface area contributed by atoms with Gasteiger partial charge in [-0.2, -0.15) is 11.8 Å². The number of nitrogens with zero attached hydrogens (tertiary/aromatic N) is 1. The number of rotatable bonds is 4. The molecule has 2 N–H and O–H groups in total. The number of nitrogens with two attached hydrogens (primary N) is 1. The highest BCUT2D eigenvalue weighted by Crippen LogP contribution is 2.18. The van der Waals surface area contributed by atoms with Gasteiger partial charge in [-0.3, -0.25) is 4.79 Å². The molecule has 1 aromatic carbocycles. The van der Waals surface area contributed by atoms with Crippen LogP contribution in [-0.2, 0) is 4.79 Å². The standard InChI is InChI=1S/C14H18N2O2S2/c15-14(19)11-4-1-2-5-12(11)18-10-13(17)16-6-3-8-20-9-7-16/h1-2,4-5H,3,6-10H2,(H2,15,19). The molecule has 108 valence electrons. The molecule has 2 rings (SSSR count). The van der Waals surface area contributed by atoms with E-state index in [1.54, 1.807) is 12.1 Å². The van der Waals surface area contributed by atoms with Crippen LogP contribution in [0.15, 0.2) is 24.3 Å². The van der Waals surface area contributed by atoms with Gasteiger partial charge in [-0.1, -0.05) is 24.4 Å². The molecule has 0 radical (unpaired) electrons.